The van der Waals surface area contributed by atoms with Gasteiger partial charge in [0.05, 0.1) is 6.61 Å². The fourth-order valence-corrected chi connectivity index (χ4v) is 3.66. The Hall–Kier alpha value is -2.04. The van der Waals surface area contributed by atoms with Crippen LogP contribution < -0.4 is 10.1 Å². The highest BCUT2D eigenvalue weighted by atomic mass is 16.5. The number of aryl methyl sites for hydroxylation is 1. The van der Waals surface area contributed by atoms with Gasteiger partial charge in [-0.3, -0.25) is 9.59 Å². The Bertz CT molecular complexity index is 604. The topological polar surface area (TPSA) is 58.6 Å². The van der Waals surface area contributed by atoms with E-state index in [1.54, 1.807) is 0 Å². The molecule has 1 aromatic rings. The van der Waals surface area contributed by atoms with Crippen molar-refractivity contribution >= 4 is 11.8 Å². The molecule has 2 rings (SSSR count). The highest BCUT2D eigenvalue weighted by Gasteiger charge is 2.30. The van der Waals surface area contributed by atoms with Crippen molar-refractivity contribution in [2.24, 2.45) is 11.8 Å². The third-order valence-electron chi connectivity index (χ3n) is 5.29. The molecule has 0 saturated carbocycles. The van der Waals surface area contributed by atoms with Crippen LogP contribution in [-0.2, 0) is 16.0 Å². The third-order valence-corrected chi connectivity index (χ3v) is 5.29. The molecule has 0 radical (unpaired) electrons. The van der Waals surface area contributed by atoms with Crippen LogP contribution in [0.1, 0.15) is 52.5 Å². The number of ether oxygens (including phenoxy) is 1. The minimum Gasteiger partial charge on any atom is -0.494 e. The normalized spacial score (nSPS) is 16.3. The van der Waals surface area contributed by atoms with Crippen LogP contribution in [0.25, 0.3) is 0 Å². The highest BCUT2D eigenvalue weighted by molar-refractivity contribution is 5.87. The Kier molecular flexibility index (Phi) is 8.14. The molecule has 0 bridgehead atoms. The van der Waals surface area contributed by atoms with Gasteiger partial charge < -0.3 is 15.0 Å². The highest BCUT2D eigenvalue weighted by Crippen LogP contribution is 2.24. The lowest BCUT2D eigenvalue weighted by molar-refractivity contribution is -0.138. The fraction of sp³-hybridized carbons (Fsp3) is 0.636. The maximum atomic E-state index is 12.7. The molecule has 5 heteroatoms. The lowest BCUT2D eigenvalue weighted by Crippen LogP contribution is -2.52. The number of piperidine rings is 1. The van der Waals surface area contributed by atoms with Crippen LogP contribution in [0.15, 0.2) is 24.3 Å². The van der Waals surface area contributed by atoms with Gasteiger partial charge >= 0.3 is 0 Å². The predicted octanol–water partition coefficient (Wildman–Crippen LogP) is 3.42. The maximum absolute atomic E-state index is 12.7. The molecule has 5 nitrogen and oxygen atoms in total. The predicted molar refractivity (Wildman–Crippen MR) is 108 cm³/mol. The lowest BCUT2D eigenvalue weighted by atomic mass is 9.90. The largest absolute Gasteiger partial charge is 0.494 e. The number of carbonyl (C=O) groups is 2. The fourth-order valence-electron chi connectivity index (χ4n) is 3.66. The monoisotopic (exact) mass is 374 g/mol. The van der Waals surface area contributed by atoms with Crippen LogP contribution in [-0.4, -0.2) is 42.5 Å². The molecule has 1 heterocycles. The van der Waals surface area contributed by atoms with E-state index >= 15 is 0 Å². The zero-order chi connectivity index (χ0) is 19.8. The minimum absolute atomic E-state index is 0.0603. The number of rotatable bonds is 8. The van der Waals surface area contributed by atoms with Gasteiger partial charge in [0, 0.05) is 20.0 Å². The number of amides is 2. The molecule has 1 saturated heterocycles. The van der Waals surface area contributed by atoms with E-state index in [0.717, 1.165) is 44.5 Å². The molecule has 1 aliphatic rings. The number of nitrogens with zero attached hydrogens (tertiary/aromatic N) is 1. The van der Waals surface area contributed by atoms with Gasteiger partial charge in [-0.2, -0.15) is 0 Å². The third kappa shape index (κ3) is 6.56. The Morgan fingerprint density at radius 2 is 1.81 bits per heavy atom. The molecule has 1 atom stereocenters. The van der Waals surface area contributed by atoms with E-state index in [-0.39, 0.29) is 17.7 Å². The molecular weight excluding hydrogens is 340 g/mol. The smallest absolute Gasteiger partial charge is 0.245 e. The van der Waals surface area contributed by atoms with Crippen molar-refractivity contribution in [1.82, 2.24) is 10.2 Å². The first kappa shape index (κ1) is 21.3. The standard InChI is InChI=1S/C22H34N2O3/c1-5-27-20-10-8-18(9-11-20)6-7-19-12-14-24(15-13-19)22(26)21(16(2)3)23-17(4)25/h8-11,16,19,21H,5-7,12-15H2,1-4H3,(H,23,25). The Balaban J connectivity index is 1.78. The zero-order valence-corrected chi connectivity index (χ0v) is 17.2. The van der Waals surface area contributed by atoms with E-state index < -0.39 is 6.04 Å². The molecule has 0 aliphatic carbocycles. The number of benzene rings is 1. The molecule has 1 N–H and O–H groups in total. The minimum atomic E-state index is -0.414. The number of hydrogen-bond acceptors (Lipinski definition) is 3. The molecule has 2 amide bonds. The molecule has 0 aromatic heterocycles. The van der Waals surface area contributed by atoms with Crippen molar-refractivity contribution in [3.63, 3.8) is 0 Å². The van der Waals surface area contributed by atoms with Crippen LogP contribution >= 0.6 is 0 Å². The zero-order valence-electron chi connectivity index (χ0n) is 17.2. The first-order chi connectivity index (χ1) is 12.9. The molecule has 27 heavy (non-hydrogen) atoms. The van der Waals surface area contributed by atoms with E-state index in [2.05, 4.69) is 17.4 Å². The van der Waals surface area contributed by atoms with E-state index in [9.17, 15) is 9.59 Å². The van der Waals surface area contributed by atoms with E-state index in [1.807, 2.05) is 37.8 Å². The van der Waals surface area contributed by atoms with Crippen molar-refractivity contribution in [3.05, 3.63) is 29.8 Å². The molecule has 1 aliphatic heterocycles. The van der Waals surface area contributed by atoms with Gasteiger partial charge in [0.1, 0.15) is 11.8 Å². The summed E-state index contributed by atoms with van der Waals surface area (Å²) >= 11 is 0. The average molecular weight is 375 g/mol. The average Bonchev–Trinajstić information content (AvgIpc) is 2.65. The second kappa shape index (κ2) is 10.3. The van der Waals surface area contributed by atoms with E-state index in [4.69, 9.17) is 4.74 Å². The van der Waals surface area contributed by atoms with Crippen molar-refractivity contribution < 1.29 is 14.3 Å². The summed E-state index contributed by atoms with van der Waals surface area (Å²) in [5.74, 6) is 1.59. The summed E-state index contributed by atoms with van der Waals surface area (Å²) in [5, 5.41) is 2.81. The Morgan fingerprint density at radius 3 is 2.33 bits per heavy atom. The summed E-state index contributed by atoms with van der Waals surface area (Å²) in [5.41, 5.74) is 1.34. The molecule has 0 spiro atoms. The van der Waals surface area contributed by atoms with Crippen LogP contribution in [0.3, 0.4) is 0 Å². The lowest BCUT2D eigenvalue weighted by Gasteiger charge is -2.35. The van der Waals surface area contributed by atoms with Crippen LogP contribution in [0.4, 0.5) is 0 Å². The van der Waals surface area contributed by atoms with Crippen molar-refractivity contribution in [2.45, 2.75) is 59.4 Å². The first-order valence-corrected chi connectivity index (χ1v) is 10.2. The molecular formula is C22H34N2O3. The SMILES string of the molecule is CCOc1ccc(CCC2CCN(C(=O)C(NC(C)=O)C(C)C)CC2)cc1. The maximum Gasteiger partial charge on any atom is 0.245 e. The second-order valence-corrected chi connectivity index (χ2v) is 7.81. The summed E-state index contributed by atoms with van der Waals surface area (Å²) in [6.07, 6.45) is 4.28. The molecule has 150 valence electrons. The number of nitrogens with one attached hydrogen (secondary N) is 1. The molecule has 1 aromatic carbocycles. The van der Waals surface area contributed by atoms with Gasteiger partial charge in [0.15, 0.2) is 0 Å². The van der Waals surface area contributed by atoms with Gasteiger partial charge in [-0.25, -0.2) is 0 Å². The summed E-state index contributed by atoms with van der Waals surface area (Å²) < 4.78 is 5.49. The number of likely N-dealkylation sites (tertiary alicyclic amines) is 1. The van der Waals surface area contributed by atoms with Gasteiger partial charge in [0.25, 0.3) is 0 Å². The molecule has 1 fully saturated rings. The number of hydrogen-bond donors (Lipinski definition) is 1. The molecule has 1 unspecified atom stereocenters. The Labute approximate surface area is 163 Å². The summed E-state index contributed by atoms with van der Waals surface area (Å²) in [7, 11) is 0. The van der Waals surface area contributed by atoms with E-state index in [1.165, 1.54) is 12.5 Å². The van der Waals surface area contributed by atoms with Gasteiger partial charge in [-0.15, -0.1) is 0 Å². The second-order valence-electron chi connectivity index (χ2n) is 7.81. The van der Waals surface area contributed by atoms with Crippen LogP contribution in [0.2, 0.25) is 0 Å². The van der Waals surface area contributed by atoms with Crippen LogP contribution in [0, 0.1) is 11.8 Å². The van der Waals surface area contributed by atoms with Crippen molar-refractivity contribution in [2.75, 3.05) is 19.7 Å². The summed E-state index contributed by atoms with van der Waals surface area (Å²) in [4.78, 5) is 26.1. The van der Waals surface area contributed by atoms with Crippen molar-refractivity contribution in [3.8, 4) is 5.75 Å². The van der Waals surface area contributed by atoms with Gasteiger partial charge in [0.2, 0.25) is 11.8 Å². The van der Waals surface area contributed by atoms with E-state index in [0.29, 0.717) is 12.5 Å². The number of carbonyl (C=O) groups excluding carboxylic acids is 2. The van der Waals surface area contributed by atoms with Crippen molar-refractivity contribution in [1.29, 1.82) is 0 Å². The van der Waals surface area contributed by atoms with Gasteiger partial charge in [-0.1, -0.05) is 26.0 Å². The quantitative estimate of drug-likeness (QED) is 0.758. The Morgan fingerprint density at radius 1 is 1.19 bits per heavy atom. The summed E-state index contributed by atoms with van der Waals surface area (Å²) in [6.45, 7) is 9.67. The van der Waals surface area contributed by atoms with Gasteiger partial charge in [-0.05, 0) is 62.1 Å². The first-order valence-electron chi connectivity index (χ1n) is 10.2. The summed E-state index contributed by atoms with van der Waals surface area (Å²) in [6, 6.07) is 7.94. The van der Waals surface area contributed by atoms with Crippen LogP contribution in [0.5, 0.6) is 5.75 Å².